The normalized spacial score (nSPS) is 23.3. The van der Waals surface area contributed by atoms with Crippen LogP contribution in [0.1, 0.15) is 34.8 Å². The molecule has 148 valence electrons. The van der Waals surface area contributed by atoms with Crippen LogP contribution in [0.25, 0.3) is 0 Å². The van der Waals surface area contributed by atoms with E-state index in [1.165, 1.54) is 4.90 Å². The standard InChI is InChI=1S/C24H24N2O3/c1-14-11-12-17(13-16(14)3)25-22(27)18-8-4-5-10-20(18)26-23(28)19-9-6-7-15(2)21(19)24(26)29/h4-8,10-13,15,19,21H,9H2,1-3H3,(H,25,27)/t15-,19-,21-/m1/s1. The molecule has 1 aliphatic carbocycles. The van der Waals surface area contributed by atoms with Gasteiger partial charge in [0.15, 0.2) is 0 Å². The number of anilines is 2. The number of hydrogen-bond acceptors (Lipinski definition) is 3. The van der Waals surface area contributed by atoms with E-state index >= 15 is 0 Å². The SMILES string of the molecule is Cc1ccc(NC(=O)c2ccccc2N2C(=O)[C@@H]3[C@H](C)C=CC[C@H]3C2=O)cc1C. The molecule has 3 amide bonds. The highest BCUT2D eigenvalue weighted by Crippen LogP contribution is 2.41. The summed E-state index contributed by atoms with van der Waals surface area (Å²) in [6, 6.07) is 12.5. The van der Waals surface area contributed by atoms with E-state index < -0.39 is 0 Å². The summed E-state index contributed by atoms with van der Waals surface area (Å²) >= 11 is 0. The van der Waals surface area contributed by atoms with Crippen molar-refractivity contribution in [2.75, 3.05) is 10.2 Å². The van der Waals surface area contributed by atoms with E-state index in [0.717, 1.165) is 11.1 Å². The molecule has 4 rings (SSSR count). The lowest BCUT2D eigenvalue weighted by molar-refractivity contribution is -0.122. The summed E-state index contributed by atoms with van der Waals surface area (Å²) in [6.07, 6.45) is 4.53. The maximum absolute atomic E-state index is 13.1. The summed E-state index contributed by atoms with van der Waals surface area (Å²) in [6.45, 7) is 5.95. The Labute approximate surface area is 170 Å². The van der Waals surface area contributed by atoms with E-state index in [1.54, 1.807) is 24.3 Å². The summed E-state index contributed by atoms with van der Waals surface area (Å²) in [5.74, 6) is -1.48. The summed E-state index contributed by atoms with van der Waals surface area (Å²) in [7, 11) is 0. The van der Waals surface area contributed by atoms with Crippen LogP contribution in [0, 0.1) is 31.6 Å². The Morgan fingerprint density at radius 3 is 2.52 bits per heavy atom. The van der Waals surface area contributed by atoms with E-state index in [1.807, 2.05) is 51.1 Å². The fourth-order valence-electron chi connectivity index (χ4n) is 4.26. The molecule has 0 aromatic heterocycles. The van der Waals surface area contributed by atoms with Crippen molar-refractivity contribution >= 4 is 29.1 Å². The molecule has 2 aromatic carbocycles. The first-order valence-corrected chi connectivity index (χ1v) is 9.90. The molecule has 2 aromatic rings. The number of carbonyl (C=O) groups is 3. The molecule has 5 heteroatoms. The van der Waals surface area contributed by atoms with Gasteiger partial charge in [-0.2, -0.15) is 0 Å². The van der Waals surface area contributed by atoms with Crippen molar-refractivity contribution in [1.82, 2.24) is 0 Å². The van der Waals surface area contributed by atoms with Gasteiger partial charge in [0.25, 0.3) is 5.91 Å². The quantitative estimate of drug-likeness (QED) is 0.631. The second-order valence-corrected chi connectivity index (χ2v) is 7.94. The Morgan fingerprint density at radius 2 is 1.79 bits per heavy atom. The van der Waals surface area contributed by atoms with Gasteiger partial charge in [0.1, 0.15) is 0 Å². The molecule has 1 fully saturated rings. The highest BCUT2D eigenvalue weighted by molar-refractivity contribution is 6.25. The number of amides is 3. The number of nitrogens with zero attached hydrogens (tertiary/aromatic N) is 1. The molecule has 1 N–H and O–H groups in total. The summed E-state index contributed by atoms with van der Waals surface area (Å²) < 4.78 is 0. The number of aryl methyl sites for hydroxylation is 2. The third-order valence-electron chi connectivity index (χ3n) is 6.03. The van der Waals surface area contributed by atoms with E-state index in [4.69, 9.17) is 0 Å². The van der Waals surface area contributed by atoms with Crippen molar-refractivity contribution < 1.29 is 14.4 Å². The van der Waals surface area contributed by atoms with Crippen LogP contribution in [0.15, 0.2) is 54.6 Å². The van der Waals surface area contributed by atoms with Crippen molar-refractivity contribution in [3.63, 3.8) is 0 Å². The molecule has 1 heterocycles. The van der Waals surface area contributed by atoms with Gasteiger partial charge in [-0.1, -0.05) is 37.3 Å². The Balaban J connectivity index is 1.66. The maximum Gasteiger partial charge on any atom is 0.257 e. The van der Waals surface area contributed by atoms with Gasteiger partial charge in [0.2, 0.25) is 11.8 Å². The molecular weight excluding hydrogens is 364 g/mol. The fraction of sp³-hybridized carbons (Fsp3) is 0.292. The highest BCUT2D eigenvalue weighted by Gasteiger charge is 2.51. The largest absolute Gasteiger partial charge is 0.322 e. The summed E-state index contributed by atoms with van der Waals surface area (Å²) in [4.78, 5) is 40.4. The molecule has 5 nitrogen and oxygen atoms in total. The van der Waals surface area contributed by atoms with Crippen molar-refractivity contribution in [3.8, 4) is 0 Å². The molecular formula is C24H24N2O3. The number of rotatable bonds is 3. The average Bonchev–Trinajstić information content (AvgIpc) is 2.96. The number of allylic oxidation sites excluding steroid dienone is 2. The predicted octanol–water partition coefficient (Wildman–Crippen LogP) is 4.26. The van der Waals surface area contributed by atoms with Crippen LogP contribution >= 0.6 is 0 Å². The molecule has 1 saturated heterocycles. The van der Waals surface area contributed by atoms with Gasteiger partial charge in [-0.15, -0.1) is 0 Å². The van der Waals surface area contributed by atoms with Crippen molar-refractivity contribution in [3.05, 3.63) is 71.3 Å². The minimum Gasteiger partial charge on any atom is -0.322 e. The molecule has 1 aliphatic heterocycles. The molecule has 0 saturated carbocycles. The van der Waals surface area contributed by atoms with Crippen LogP contribution < -0.4 is 10.2 Å². The smallest absolute Gasteiger partial charge is 0.257 e. The van der Waals surface area contributed by atoms with Crippen LogP contribution in [-0.2, 0) is 9.59 Å². The van der Waals surface area contributed by atoms with Gasteiger partial charge < -0.3 is 5.32 Å². The Hall–Kier alpha value is -3.21. The number of fused-ring (bicyclic) bond motifs is 1. The number of para-hydroxylation sites is 1. The second kappa shape index (κ2) is 7.32. The number of hydrogen-bond donors (Lipinski definition) is 1. The van der Waals surface area contributed by atoms with Crippen molar-refractivity contribution in [2.24, 2.45) is 17.8 Å². The number of carbonyl (C=O) groups excluding carboxylic acids is 3. The van der Waals surface area contributed by atoms with Crippen LogP contribution in [-0.4, -0.2) is 17.7 Å². The average molecular weight is 388 g/mol. The zero-order valence-electron chi connectivity index (χ0n) is 16.8. The lowest BCUT2D eigenvalue weighted by Crippen LogP contribution is -2.33. The van der Waals surface area contributed by atoms with Crippen molar-refractivity contribution in [2.45, 2.75) is 27.2 Å². The number of nitrogens with one attached hydrogen (secondary N) is 1. The Morgan fingerprint density at radius 1 is 1.03 bits per heavy atom. The van der Waals surface area contributed by atoms with Crippen LogP contribution in [0.2, 0.25) is 0 Å². The predicted molar refractivity (Wildman–Crippen MR) is 113 cm³/mol. The van der Waals surface area contributed by atoms with Gasteiger partial charge >= 0.3 is 0 Å². The minimum absolute atomic E-state index is 0.00622. The molecule has 0 radical (unpaired) electrons. The van der Waals surface area contributed by atoms with Crippen LogP contribution in [0.5, 0.6) is 0 Å². The van der Waals surface area contributed by atoms with Gasteiger partial charge in [-0.3, -0.25) is 14.4 Å². The molecule has 2 aliphatic rings. The zero-order chi connectivity index (χ0) is 20.7. The van der Waals surface area contributed by atoms with E-state index in [0.29, 0.717) is 23.4 Å². The topological polar surface area (TPSA) is 66.5 Å². The second-order valence-electron chi connectivity index (χ2n) is 7.94. The molecule has 0 spiro atoms. The monoisotopic (exact) mass is 388 g/mol. The molecule has 29 heavy (non-hydrogen) atoms. The molecule has 0 unspecified atom stereocenters. The molecule has 0 bridgehead atoms. The minimum atomic E-state index is -0.358. The third-order valence-corrected chi connectivity index (χ3v) is 6.03. The maximum atomic E-state index is 13.1. The first kappa shape index (κ1) is 19.1. The van der Waals surface area contributed by atoms with Gasteiger partial charge in [-0.05, 0) is 61.6 Å². The van der Waals surface area contributed by atoms with Crippen LogP contribution in [0.4, 0.5) is 11.4 Å². The summed E-state index contributed by atoms with van der Waals surface area (Å²) in [5.41, 5.74) is 3.56. The van der Waals surface area contributed by atoms with E-state index in [-0.39, 0.29) is 35.5 Å². The van der Waals surface area contributed by atoms with Gasteiger partial charge in [0.05, 0.1) is 23.1 Å². The lowest BCUT2D eigenvalue weighted by Gasteiger charge is -2.22. The van der Waals surface area contributed by atoms with Crippen molar-refractivity contribution in [1.29, 1.82) is 0 Å². The van der Waals surface area contributed by atoms with E-state index in [9.17, 15) is 14.4 Å². The molecule has 3 atom stereocenters. The summed E-state index contributed by atoms with van der Waals surface area (Å²) in [5, 5.41) is 2.89. The first-order valence-electron chi connectivity index (χ1n) is 9.90. The Kier molecular flexibility index (Phi) is 4.82. The first-order chi connectivity index (χ1) is 13.9. The zero-order valence-corrected chi connectivity index (χ0v) is 16.8. The van der Waals surface area contributed by atoms with Crippen LogP contribution in [0.3, 0.4) is 0 Å². The third kappa shape index (κ3) is 3.27. The Bertz CT molecular complexity index is 1040. The number of imide groups is 1. The van der Waals surface area contributed by atoms with E-state index in [2.05, 4.69) is 5.32 Å². The van der Waals surface area contributed by atoms with Gasteiger partial charge in [0, 0.05) is 5.69 Å². The lowest BCUT2D eigenvalue weighted by atomic mass is 9.78. The number of benzene rings is 2. The highest BCUT2D eigenvalue weighted by atomic mass is 16.2. The fourth-order valence-corrected chi connectivity index (χ4v) is 4.26. The van der Waals surface area contributed by atoms with Gasteiger partial charge in [-0.25, -0.2) is 4.90 Å².